The zero-order valence-electron chi connectivity index (χ0n) is 14.5. The first kappa shape index (κ1) is 20.9. The standard InChI is InChI=1S/C16H12F6N4O2S/c1-6(26-10(13(19)20)5-9(25-26)12(17)18)14(27)24-16-23-8-3-2-7(28-15(21)22)4-11(8)29-16/h2-6,12-13,15H,1H3,(H,23,24,27). The molecular formula is C16H12F6N4O2S. The monoisotopic (exact) mass is 438 g/mol. The topological polar surface area (TPSA) is 69.0 Å². The minimum Gasteiger partial charge on any atom is -0.435 e. The van der Waals surface area contributed by atoms with Crippen LogP contribution in [-0.2, 0) is 4.79 Å². The van der Waals surface area contributed by atoms with E-state index in [1.54, 1.807) is 0 Å². The molecule has 2 heterocycles. The quantitative estimate of drug-likeness (QED) is 0.517. The van der Waals surface area contributed by atoms with Gasteiger partial charge in [-0.15, -0.1) is 0 Å². The predicted octanol–water partition coefficient (Wildman–Crippen LogP) is 5.17. The number of hydrogen-bond donors (Lipinski definition) is 1. The molecule has 29 heavy (non-hydrogen) atoms. The number of thiazole rings is 1. The summed E-state index contributed by atoms with van der Waals surface area (Å²) in [5.41, 5.74) is -1.31. The molecule has 0 aliphatic carbocycles. The number of amides is 1. The molecule has 2 aromatic heterocycles. The molecule has 1 aromatic carbocycles. The van der Waals surface area contributed by atoms with Crippen molar-refractivity contribution in [1.82, 2.24) is 14.8 Å². The molecule has 0 spiro atoms. The van der Waals surface area contributed by atoms with Gasteiger partial charge in [-0.3, -0.25) is 9.48 Å². The molecule has 0 radical (unpaired) electrons. The summed E-state index contributed by atoms with van der Waals surface area (Å²) in [6.45, 7) is -1.79. The lowest BCUT2D eigenvalue weighted by Gasteiger charge is -2.14. The van der Waals surface area contributed by atoms with Gasteiger partial charge in [-0.1, -0.05) is 11.3 Å². The van der Waals surface area contributed by atoms with Crippen LogP contribution in [0.2, 0.25) is 0 Å². The Morgan fingerprint density at radius 2 is 1.86 bits per heavy atom. The van der Waals surface area contributed by atoms with E-state index in [0.717, 1.165) is 11.3 Å². The fourth-order valence-electron chi connectivity index (χ4n) is 2.46. The van der Waals surface area contributed by atoms with Gasteiger partial charge < -0.3 is 10.1 Å². The number of hydrogen-bond acceptors (Lipinski definition) is 5. The molecule has 0 aliphatic rings. The largest absolute Gasteiger partial charge is 0.435 e. The molecular weight excluding hydrogens is 426 g/mol. The van der Waals surface area contributed by atoms with E-state index in [1.807, 2.05) is 0 Å². The Hall–Kier alpha value is -2.83. The van der Waals surface area contributed by atoms with Gasteiger partial charge >= 0.3 is 6.61 Å². The number of nitrogens with zero attached hydrogens (tertiary/aromatic N) is 3. The van der Waals surface area contributed by atoms with Crippen LogP contribution in [0.1, 0.15) is 37.2 Å². The summed E-state index contributed by atoms with van der Waals surface area (Å²) >= 11 is 0.934. The van der Waals surface area contributed by atoms with Crippen molar-refractivity contribution < 1.29 is 35.9 Å². The van der Waals surface area contributed by atoms with E-state index in [0.29, 0.717) is 21.0 Å². The number of carbonyl (C=O) groups excluding carboxylic acids is 1. The summed E-state index contributed by atoms with van der Waals surface area (Å²) in [5, 5.41) is 5.84. The van der Waals surface area contributed by atoms with Gasteiger partial charge in [0.15, 0.2) is 5.13 Å². The van der Waals surface area contributed by atoms with Gasteiger partial charge in [0.05, 0.1) is 10.2 Å². The first-order valence-corrected chi connectivity index (χ1v) is 8.79. The second kappa shape index (κ2) is 8.27. The average molecular weight is 438 g/mol. The molecule has 6 nitrogen and oxygen atoms in total. The van der Waals surface area contributed by atoms with Crippen molar-refractivity contribution in [3.05, 3.63) is 35.7 Å². The van der Waals surface area contributed by atoms with E-state index in [-0.39, 0.29) is 10.9 Å². The molecule has 13 heteroatoms. The summed E-state index contributed by atoms with van der Waals surface area (Å²) in [6.07, 6.45) is -6.18. The van der Waals surface area contributed by atoms with Crippen LogP contribution in [0.25, 0.3) is 10.2 Å². The smallest absolute Gasteiger partial charge is 0.387 e. The van der Waals surface area contributed by atoms with Crippen molar-refractivity contribution in [3.63, 3.8) is 0 Å². The zero-order chi connectivity index (χ0) is 21.3. The number of rotatable bonds is 7. The molecule has 3 aromatic rings. The molecule has 0 bridgehead atoms. The number of halogens is 6. The van der Waals surface area contributed by atoms with Crippen LogP contribution in [0.5, 0.6) is 5.75 Å². The third kappa shape index (κ3) is 4.60. The van der Waals surface area contributed by atoms with Crippen molar-refractivity contribution in [2.24, 2.45) is 0 Å². The minimum absolute atomic E-state index is 0.0610. The lowest BCUT2D eigenvalue weighted by atomic mass is 10.3. The summed E-state index contributed by atoms with van der Waals surface area (Å²) in [7, 11) is 0. The number of nitrogens with one attached hydrogen (secondary N) is 1. The average Bonchev–Trinajstić information content (AvgIpc) is 3.24. The normalized spacial score (nSPS) is 12.9. The second-order valence-corrected chi connectivity index (χ2v) is 6.76. The maximum absolute atomic E-state index is 13.1. The lowest BCUT2D eigenvalue weighted by molar-refractivity contribution is -0.119. The fourth-order valence-corrected chi connectivity index (χ4v) is 3.36. The van der Waals surface area contributed by atoms with E-state index in [4.69, 9.17) is 0 Å². The van der Waals surface area contributed by atoms with E-state index in [9.17, 15) is 31.1 Å². The number of aromatic nitrogens is 3. The number of anilines is 1. The second-order valence-electron chi connectivity index (χ2n) is 5.73. The minimum atomic E-state index is -3.11. The van der Waals surface area contributed by atoms with Crippen molar-refractivity contribution in [2.75, 3.05) is 5.32 Å². The summed E-state index contributed by atoms with van der Waals surface area (Å²) in [6, 6.07) is 3.18. The molecule has 1 atom stereocenters. The highest BCUT2D eigenvalue weighted by molar-refractivity contribution is 7.22. The van der Waals surface area contributed by atoms with E-state index in [2.05, 4.69) is 20.1 Å². The van der Waals surface area contributed by atoms with E-state index >= 15 is 0 Å². The molecule has 0 fully saturated rings. The first-order valence-electron chi connectivity index (χ1n) is 7.97. The van der Waals surface area contributed by atoms with Crippen LogP contribution >= 0.6 is 11.3 Å². The first-order chi connectivity index (χ1) is 13.7. The highest BCUT2D eigenvalue weighted by atomic mass is 32.1. The lowest BCUT2D eigenvalue weighted by Crippen LogP contribution is -2.26. The summed E-state index contributed by atoms with van der Waals surface area (Å²) in [5.74, 6) is -0.918. The van der Waals surface area contributed by atoms with Gasteiger partial charge in [0, 0.05) is 0 Å². The molecule has 156 valence electrons. The van der Waals surface area contributed by atoms with Crippen molar-refractivity contribution in [3.8, 4) is 5.75 Å². The number of fused-ring (bicyclic) bond motifs is 1. The van der Waals surface area contributed by atoms with Gasteiger partial charge in [0.2, 0.25) is 0 Å². The van der Waals surface area contributed by atoms with Crippen LogP contribution in [-0.4, -0.2) is 27.3 Å². The Morgan fingerprint density at radius 1 is 1.14 bits per heavy atom. The van der Waals surface area contributed by atoms with Crippen LogP contribution < -0.4 is 10.1 Å². The van der Waals surface area contributed by atoms with Gasteiger partial charge in [-0.25, -0.2) is 22.5 Å². The maximum atomic E-state index is 13.1. The van der Waals surface area contributed by atoms with Gasteiger partial charge in [0.1, 0.15) is 23.2 Å². The zero-order valence-corrected chi connectivity index (χ0v) is 15.3. The van der Waals surface area contributed by atoms with Gasteiger partial charge in [-0.2, -0.15) is 13.9 Å². The molecule has 3 rings (SSSR count). The Bertz CT molecular complexity index is 1020. The van der Waals surface area contributed by atoms with Gasteiger partial charge in [-0.05, 0) is 31.2 Å². The van der Waals surface area contributed by atoms with Crippen LogP contribution in [0, 0.1) is 0 Å². The van der Waals surface area contributed by atoms with E-state index < -0.39 is 42.8 Å². The van der Waals surface area contributed by atoms with Crippen LogP contribution in [0.3, 0.4) is 0 Å². The highest BCUT2D eigenvalue weighted by Crippen LogP contribution is 2.31. The molecule has 1 N–H and O–H groups in total. The molecule has 0 saturated heterocycles. The van der Waals surface area contributed by atoms with Gasteiger partial charge in [0.25, 0.3) is 18.8 Å². The third-order valence-electron chi connectivity index (χ3n) is 3.79. The van der Waals surface area contributed by atoms with Crippen molar-refractivity contribution >= 4 is 32.6 Å². The Labute approximate surface area is 163 Å². The molecule has 1 amide bonds. The number of alkyl halides is 6. The van der Waals surface area contributed by atoms with Crippen molar-refractivity contribution in [2.45, 2.75) is 32.4 Å². The predicted molar refractivity (Wildman–Crippen MR) is 91.7 cm³/mol. The highest BCUT2D eigenvalue weighted by Gasteiger charge is 2.27. The Morgan fingerprint density at radius 3 is 2.48 bits per heavy atom. The summed E-state index contributed by atoms with van der Waals surface area (Å²) < 4.78 is 81.6. The Kier molecular flexibility index (Phi) is 5.96. The summed E-state index contributed by atoms with van der Waals surface area (Å²) in [4.78, 5) is 16.5. The van der Waals surface area contributed by atoms with Crippen LogP contribution in [0.15, 0.2) is 24.3 Å². The number of benzene rings is 1. The van der Waals surface area contributed by atoms with Crippen LogP contribution in [0.4, 0.5) is 31.5 Å². The molecule has 0 aliphatic heterocycles. The van der Waals surface area contributed by atoms with Crippen molar-refractivity contribution in [1.29, 1.82) is 0 Å². The third-order valence-corrected chi connectivity index (χ3v) is 4.73. The van der Waals surface area contributed by atoms with E-state index in [1.165, 1.54) is 25.1 Å². The maximum Gasteiger partial charge on any atom is 0.387 e. The SMILES string of the molecule is CC(C(=O)Nc1nc2ccc(OC(F)F)cc2s1)n1nc(C(F)F)cc1C(F)F. The number of ether oxygens (including phenoxy) is 1. The fraction of sp³-hybridized carbons (Fsp3) is 0.312. The Balaban J connectivity index is 1.81. The number of carbonyl (C=O) groups is 1. The molecule has 1 unspecified atom stereocenters. The molecule has 0 saturated carbocycles.